The lowest BCUT2D eigenvalue weighted by Crippen LogP contribution is -2.31. The summed E-state index contributed by atoms with van der Waals surface area (Å²) in [5, 5.41) is 3.45. The van der Waals surface area contributed by atoms with Crippen molar-refractivity contribution in [1.82, 2.24) is 14.7 Å². The van der Waals surface area contributed by atoms with Crippen molar-refractivity contribution in [3.63, 3.8) is 0 Å². The molecule has 0 aliphatic heterocycles. The van der Waals surface area contributed by atoms with Crippen molar-refractivity contribution < 1.29 is 9.53 Å². The van der Waals surface area contributed by atoms with Gasteiger partial charge in [0.25, 0.3) is 11.1 Å². The fourth-order valence-corrected chi connectivity index (χ4v) is 3.16. The second-order valence-corrected chi connectivity index (χ2v) is 7.72. The van der Waals surface area contributed by atoms with Gasteiger partial charge in [0.05, 0.1) is 0 Å². The first-order valence-electron chi connectivity index (χ1n) is 9.42. The number of benzene rings is 2. The van der Waals surface area contributed by atoms with Crippen LogP contribution in [0.5, 0.6) is 10.9 Å². The molecule has 1 aromatic heterocycles. The summed E-state index contributed by atoms with van der Waals surface area (Å²) in [6.45, 7) is 8.04. The summed E-state index contributed by atoms with van der Waals surface area (Å²) < 4.78 is 10.3. The quantitative estimate of drug-likeness (QED) is 0.607. The largest absolute Gasteiger partial charge is 0.430 e. The number of aryl methyl sites for hydroxylation is 2. The van der Waals surface area contributed by atoms with Crippen molar-refractivity contribution in [3.05, 3.63) is 70.5 Å². The average Bonchev–Trinajstić information content (AvgIpc) is 3.12. The van der Waals surface area contributed by atoms with E-state index >= 15 is 0 Å². The third kappa shape index (κ3) is 5.16. The highest BCUT2D eigenvalue weighted by atomic mass is 32.1. The molecule has 0 saturated heterocycles. The van der Waals surface area contributed by atoms with Crippen LogP contribution in [0.4, 0.5) is 0 Å². The second kappa shape index (κ2) is 8.97. The summed E-state index contributed by atoms with van der Waals surface area (Å²) in [6, 6.07) is 13.9. The zero-order valence-electron chi connectivity index (χ0n) is 16.7. The highest BCUT2D eigenvalue weighted by Gasteiger charge is 2.13. The molecule has 5 nitrogen and oxygen atoms in total. The van der Waals surface area contributed by atoms with Crippen LogP contribution in [0, 0.1) is 13.8 Å². The Kier molecular flexibility index (Phi) is 6.41. The van der Waals surface area contributed by atoms with Gasteiger partial charge in [-0.25, -0.2) is 0 Å². The molecule has 0 aliphatic rings. The fraction of sp³-hybridized carbons (Fsp3) is 0.318. The summed E-state index contributed by atoms with van der Waals surface area (Å²) in [5.41, 5.74) is 3.90. The minimum absolute atomic E-state index is 0.100. The van der Waals surface area contributed by atoms with Gasteiger partial charge in [-0.05, 0) is 50.5 Å². The molecule has 1 heterocycles. The number of amides is 1. The lowest BCUT2D eigenvalue weighted by Gasteiger charge is -2.12. The van der Waals surface area contributed by atoms with Gasteiger partial charge in [0, 0.05) is 29.6 Å². The third-order valence-corrected chi connectivity index (χ3v) is 5.20. The molecule has 0 radical (unpaired) electrons. The van der Waals surface area contributed by atoms with Gasteiger partial charge in [-0.15, -0.1) is 0 Å². The molecule has 0 aliphatic carbocycles. The number of nitrogens with one attached hydrogen (secondary N) is 1. The van der Waals surface area contributed by atoms with E-state index in [2.05, 4.69) is 45.9 Å². The predicted octanol–water partition coefficient (Wildman–Crippen LogP) is 5.07. The van der Waals surface area contributed by atoms with E-state index < -0.39 is 0 Å². The minimum atomic E-state index is -0.100. The average molecular weight is 396 g/mol. The second-order valence-electron chi connectivity index (χ2n) is 7.00. The van der Waals surface area contributed by atoms with Crippen LogP contribution in [0.1, 0.15) is 53.1 Å². The Balaban J connectivity index is 1.71. The molecule has 1 atom stereocenters. The van der Waals surface area contributed by atoms with Crippen LogP contribution in [0.25, 0.3) is 0 Å². The lowest BCUT2D eigenvalue weighted by atomic mass is 10.1. The van der Waals surface area contributed by atoms with Crippen LogP contribution in [-0.2, 0) is 6.42 Å². The van der Waals surface area contributed by atoms with Crippen LogP contribution in [0.3, 0.4) is 0 Å². The molecule has 1 unspecified atom stereocenters. The Labute approximate surface area is 170 Å². The van der Waals surface area contributed by atoms with Crippen LogP contribution < -0.4 is 10.1 Å². The number of nitrogens with zero attached hydrogens (tertiary/aromatic N) is 2. The summed E-state index contributed by atoms with van der Waals surface area (Å²) in [4.78, 5) is 16.9. The van der Waals surface area contributed by atoms with Gasteiger partial charge in [0.15, 0.2) is 5.82 Å². The molecular formula is C22H25N3O2S. The molecule has 2 aromatic carbocycles. The van der Waals surface area contributed by atoms with Gasteiger partial charge in [-0.1, -0.05) is 42.8 Å². The molecule has 1 amide bonds. The molecule has 0 spiro atoms. The number of carbonyl (C=O) groups is 1. The van der Waals surface area contributed by atoms with Gasteiger partial charge >= 0.3 is 0 Å². The van der Waals surface area contributed by atoms with Crippen molar-refractivity contribution in [1.29, 1.82) is 0 Å². The van der Waals surface area contributed by atoms with E-state index in [4.69, 9.17) is 4.74 Å². The van der Waals surface area contributed by atoms with Crippen molar-refractivity contribution >= 4 is 17.4 Å². The lowest BCUT2D eigenvalue weighted by molar-refractivity contribution is 0.0939. The molecule has 0 fully saturated rings. The first kappa shape index (κ1) is 20.0. The number of ether oxygens (including phenoxy) is 1. The molecule has 0 saturated carbocycles. The molecule has 146 valence electrons. The standard InChI is InChI=1S/C22H25N3O2S/c1-5-16(4)23-21(26)18-11-8-15(3)19(13-18)27-22-24-20(25-28-22)12-17-9-6-14(2)7-10-17/h6-11,13,16H,5,12H2,1-4H3,(H,23,26). The van der Waals surface area contributed by atoms with Gasteiger partial charge in [-0.2, -0.15) is 9.36 Å². The monoisotopic (exact) mass is 395 g/mol. The normalized spacial score (nSPS) is 11.9. The molecule has 3 rings (SSSR count). The van der Waals surface area contributed by atoms with E-state index in [9.17, 15) is 4.79 Å². The number of rotatable bonds is 7. The van der Waals surface area contributed by atoms with E-state index in [1.54, 1.807) is 6.07 Å². The van der Waals surface area contributed by atoms with Crippen LogP contribution in [0.15, 0.2) is 42.5 Å². The summed E-state index contributed by atoms with van der Waals surface area (Å²) in [6.07, 6.45) is 1.55. The Morgan fingerprint density at radius 3 is 2.64 bits per heavy atom. The Hall–Kier alpha value is -2.73. The number of hydrogen-bond acceptors (Lipinski definition) is 5. The van der Waals surface area contributed by atoms with Crippen molar-refractivity contribution in [2.45, 2.75) is 46.6 Å². The first-order chi connectivity index (χ1) is 13.4. The molecule has 28 heavy (non-hydrogen) atoms. The minimum Gasteiger partial charge on any atom is -0.430 e. The highest BCUT2D eigenvalue weighted by Crippen LogP contribution is 2.28. The Morgan fingerprint density at radius 2 is 1.93 bits per heavy atom. The van der Waals surface area contributed by atoms with Crippen LogP contribution in [-0.4, -0.2) is 21.3 Å². The first-order valence-corrected chi connectivity index (χ1v) is 10.2. The van der Waals surface area contributed by atoms with Gasteiger partial charge in [0.1, 0.15) is 5.75 Å². The van der Waals surface area contributed by atoms with E-state index in [0.717, 1.165) is 23.4 Å². The van der Waals surface area contributed by atoms with E-state index in [0.29, 0.717) is 22.9 Å². The van der Waals surface area contributed by atoms with Gasteiger partial charge in [-0.3, -0.25) is 4.79 Å². The fourth-order valence-electron chi connectivity index (χ4n) is 2.59. The maximum absolute atomic E-state index is 12.4. The van der Waals surface area contributed by atoms with Gasteiger partial charge < -0.3 is 10.1 Å². The number of carbonyl (C=O) groups excluding carboxylic acids is 1. The maximum Gasteiger partial charge on any atom is 0.298 e. The van der Waals surface area contributed by atoms with Crippen molar-refractivity contribution in [2.75, 3.05) is 0 Å². The van der Waals surface area contributed by atoms with Crippen molar-refractivity contribution in [3.8, 4) is 10.9 Å². The van der Waals surface area contributed by atoms with Crippen LogP contribution in [0.2, 0.25) is 0 Å². The maximum atomic E-state index is 12.4. The van der Waals surface area contributed by atoms with E-state index in [-0.39, 0.29) is 11.9 Å². The Morgan fingerprint density at radius 1 is 1.18 bits per heavy atom. The van der Waals surface area contributed by atoms with E-state index in [1.807, 2.05) is 32.9 Å². The number of hydrogen-bond donors (Lipinski definition) is 1. The summed E-state index contributed by atoms with van der Waals surface area (Å²) in [5.74, 6) is 1.25. The van der Waals surface area contributed by atoms with Crippen molar-refractivity contribution in [2.24, 2.45) is 0 Å². The zero-order valence-corrected chi connectivity index (χ0v) is 17.5. The zero-order chi connectivity index (χ0) is 20.1. The SMILES string of the molecule is CCC(C)NC(=O)c1ccc(C)c(Oc2nc(Cc3ccc(C)cc3)ns2)c1. The summed E-state index contributed by atoms with van der Waals surface area (Å²) >= 11 is 1.22. The third-order valence-electron chi connectivity index (χ3n) is 4.57. The Bertz CT molecular complexity index is 951. The molecule has 1 N–H and O–H groups in total. The topological polar surface area (TPSA) is 64.1 Å². The molecule has 6 heteroatoms. The highest BCUT2D eigenvalue weighted by molar-refractivity contribution is 7.07. The predicted molar refractivity (Wildman–Crippen MR) is 112 cm³/mol. The molecule has 0 bridgehead atoms. The van der Waals surface area contributed by atoms with E-state index in [1.165, 1.54) is 17.1 Å². The molecule has 3 aromatic rings. The molecular weight excluding hydrogens is 370 g/mol. The number of aromatic nitrogens is 2. The smallest absolute Gasteiger partial charge is 0.298 e. The summed E-state index contributed by atoms with van der Waals surface area (Å²) in [7, 11) is 0. The van der Waals surface area contributed by atoms with Gasteiger partial charge in [0.2, 0.25) is 0 Å². The van der Waals surface area contributed by atoms with Crippen LogP contribution >= 0.6 is 11.5 Å².